The molecule has 0 saturated heterocycles. The van der Waals surface area contributed by atoms with Crippen LogP contribution in [0.5, 0.6) is 11.6 Å². The molecule has 5 aromatic rings. The van der Waals surface area contributed by atoms with Gasteiger partial charge >= 0.3 is 0 Å². The Morgan fingerprint density at radius 3 is 2.88 bits per heavy atom. The summed E-state index contributed by atoms with van der Waals surface area (Å²) in [5.74, 6) is 0.911. The van der Waals surface area contributed by atoms with E-state index < -0.39 is 0 Å². The smallest absolute Gasteiger partial charge is 0.251 e. The van der Waals surface area contributed by atoms with Gasteiger partial charge in [0, 0.05) is 35.7 Å². The molecule has 9 heteroatoms. The minimum atomic E-state index is -0.171. The number of pyridine rings is 1. The molecule has 0 fully saturated rings. The quantitative estimate of drug-likeness (QED) is 0.324. The van der Waals surface area contributed by atoms with E-state index in [-0.39, 0.29) is 11.7 Å². The highest BCUT2D eigenvalue weighted by Gasteiger charge is 2.15. The van der Waals surface area contributed by atoms with Crippen molar-refractivity contribution in [2.24, 2.45) is 0 Å². The highest BCUT2D eigenvalue weighted by molar-refractivity contribution is 7.07. The van der Waals surface area contributed by atoms with Crippen LogP contribution in [-0.2, 0) is 6.42 Å². The van der Waals surface area contributed by atoms with E-state index in [1.807, 2.05) is 29.6 Å². The molecule has 2 aromatic carbocycles. The highest BCUT2D eigenvalue weighted by Crippen LogP contribution is 2.35. The molecular formula is C25H21N5O3S. The lowest BCUT2D eigenvalue weighted by Crippen LogP contribution is -2.25. The van der Waals surface area contributed by atoms with Gasteiger partial charge < -0.3 is 20.1 Å². The topological polar surface area (TPSA) is 113 Å². The highest BCUT2D eigenvalue weighted by atomic mass is 32.1. The van der Waals surface area contributed by atoms with Crippen molar-refractivity contribution in [3.63, 3.8) is 0 Å². The number of aromatic hydroxyl groups is 1. The van der Waals surface area contributed by atoms with Gasteiger partial charge in [-0.25, -0.2) is 15.0 Å². The number of phenols is 1. The summed E-state index contributed by atoms with van der Waals surface area (Å²) in [5.41, 5.74) is 6.82. The minimum absolute atomic E-state index is 0.0886. The SMILES string of the molecule is COc1ncccc1-c1ccc(O)c(-c2nc3cc(C(=O)NCCc4cscn4)ccc3[nH]2)c1. The summed E-state index contributed by atoms with van der Waals surface area (Å²) in [4.78, 5) is 28.9. The van der Waals surface area contributed by atoms with Crippen LogP contribution >= 0.6 is 11.3 Å². The Hall–Kier alpha value is -4.24. The van der Waals surface area contributed by atoms with E-state index in [1.54, 1.807) is 43.1 Å². The predicted molar refractivity (Wildman–Crippen MR) is 131 cm³/mol. The minimum Gasteiger partial charge on any atom is -0.507 e. The largest absolute Gasteiger partial charge is 0.507 e. The number of carbonyl (C=O) groups is 1. The first-order chi connectivity index (χ1) is 16.6. The average molecular weight is 472 g/mol. The summed E-state index contributed by atoms with van der Waals surface area (Å²) in [6.45, 7) is 0.505. The van der Waals surface area contributed by atoms with Crippen molar-refractivity contribution in [2.75, 3.05) is 13.7 Å². The number of carbonyl (C=O) groups excluding carboxylic acids is 1. The lowest BCUT2D eigenvalue weighted by atomic mass is 10.0. The number of nitrogens with one attached hydrogen (secondary N) is 2. The van der Waals surface area contributed by atoms with Crippen molar-refractivity contribution in [3.8, 4) is 34.1 Å². The molecule has 3 aromatic heterocycles. The molecule has 0 aliphatic carbocycles. The van der Waals surface area contributed by atoms with Crippen LogP contribution in [0.15, 0.2) is 65.6 Å². The Balaban J connectivity index is 1.41. The number of aromatic nitrogens is 4. The second-order valence-electron chi connectivity index (χ2n) is 7.60. The number of rotatable bonds is 7. The summed E-state index contributed by atoms with van der Waals surface area (Å²) in [6.07, 6.45) is 2.34. The number of aromatic amines is 1. The first-order valence-electron chi connectivity index (χ1n) is 10.6. The number of ether oxygens (including phenoxy) is 1. The zero-order chi connectivity index (χ0) is 23.5. The molecule has 0 bridgehead atoms. The third kappa shape index (κ3) is 4.33. The molecule has 8 nitrogen and oxygen atoms in total. The fourth-order valence-electron chi connectivity index (χ4n) is 3.71. The standard InChI is InChI=1S/C25H21N5O3S/c1-33-25-18(3-2-9-27-25)15-5-7-22(31)19(11-15)23-29-20-6-4-16(12-21(20)30-23)24(32)26-10-8-17-13-34-14-28-17/h2-7,9,11-14,31H,8,10H2,1H3,(H,26,32)(H,29,30). The number of thiazole rings is 1. The number of imidazole rings is 1. The van der Waals surface area contributed by atoms with E-state index in [0.717, 1.165) is 22.3 Å². The number of benzene rings is 2. The molecular weight excluding hydrogens is 450 g/mol. The number of fused-ring (bicyclic) bond motifs is 1. The Morgan fingerprint density at radius 1 is 1.15 bits per heavy atom. The second kappa shape index (κ2) is 9.32. The van der Waals surface area contributed by atoms with Crippen molar-refractivity contribution in [1.29, 1.82) is 0 Å². The van der Waals surface area contributed by atoms with Crippen LogP contribution in [-0.4, -0.2) is 44.6 Å². The van der Waals surface area contributed by atoms with E-state index in [0.29, 0.717) is 41.3 Å². The van der Waals surface area contributed by atoms with Gasteiger partial charge in [0.1, 0.15) is 11.6 Å². The fourth-order valence-corrected chi connectivity index (χ4v) is 4.30. The normalized spacial score (nSPS) is 11.0. The molecule has 0 atom stereocenters. The van der Waals surface area contributed by atoms with Crippen molar-refractivity contribution >= 4 is 28.3 Å². The van der Waals surface area contributed by atoms with Crippen LogP contribution < -0.4 is 10.1 Å². The summed E-state index contributed by atoms with van der Waals surface area (Å²) < 4.78 is 5.37. The second-order valence-corrected chi connectivity index (χ2v) is 8.31. The molecule has 0 radical (unpaired) electrons. The Kier molecular flexibility index (Phi) is 5.92. The van der Waals surface area contributed by atoms with Gasteiger partial charge in [0.25, 0.3) is 5.91 Å². The third-order valence-corrected chi connectivity index (χ3v) is 6.06. The molecule has 1 amide bonds. The Labute approximate surface area is 199 Å². The van der Waals surface area contributed by atoms with Gasteiger partial charge in [-0.05, 0) is 48.0 Å². The first-order valence-corrected chi connectivity index (χ1v) is 11.5. The number of methoxy groups -OCH3 is 1. The molecule has 0 aliphatic heterocycles. The van der Waals surface area contributed by atoms with Gasteiger partial charge in [-0.1, -0.05) is 6.07 Å². The van der Waals surface area contributed by atoms with Crippen molar-refractivity contribution in [3.05, 3.63) is 76.9 Å². The van der Waals surface area contributed by atoms with Crippen LogP contribution in [0.25, 0.3) is 33.5 Å². The van der Waals surface area contributed by atoms with Gasteiger partial charge in [-0.2, -0.15) is 0 Å². The molecule has 0 spiro atoms. The zero-order valence-corrected chi connectivity index (χ0v) is 19.1. The summed E-state index contributed by atoms with van der Waals surface area (Å²) in [7, 11) is 1.57. The Morgan fingerprint density at radius 2 is 2.06 bits per heavy atom. The number of nitrogens with zero attached hydrogens (tertiary/aromatic N) is 3. The van der Waals surface area contributed by atoms with E-state index in [4.69, 9.17) is 4.74 Å². The monoisotopic (exact) mass is 471 g/mol. The van der Waals surface area contributed by atoms with Gasteiger partial charge in [-0.3, -0.25) is 4.79 Å². The average Bonchev–Trinajstić information content (AvgIpc) is 3.53. The molecule has 3 N–H and O–H groups in total. The van der Waals surface area contributed by atoms with Gasteiger partial charge in [0.05, 0.1) is 34.9 Å². The van der Waals surface area contributed by atoms with Crippen LogP contribution in [0, 0.1) is 0 Å². The van der Waals surface area contributed by atoms with E-state index in [9.17, 15) is 9.90 Å². The van der Waals surface area contributed by atoms with Gasteiger partial charge in [0.2, 0.25) is 5.88 Å². The summed E-state index contributed by atoms with van der Waals surface area (Å²) in [6, 6.07) is 14.3. The first kappa shape index (κ1) is 21.6. The van der Waals surface area contributed by atoms with E-state index in [2.05, 4.69) is 25.3 Å². The maximum Gasteiger partial charge on any atom is 0.251 e. The third-order valence-electron chi connectivity index (χ3n) is 5.42. The predicted octanol–water partition coefficient (Wildman–Crippen LogP) is 4.44. The number of phenolic OH excluding ortho intramolecular Hbond substituents is 1. The van der Waals surface area contributed by atoms with Gasteiger partial charge in [-0.15, -0.1) is 11.3 Å². The van der Waals surface area contributed by atoms with E-state index in [1.165, 1.54) is 11.3 Å². The summed E-state index contributed by atoms with van der Waals surface area (Å²) >= 11 is 1.54. The zero-order valence-electron chi connectivity index (χ0n) is 18.3. The van der Waals surface area contributed by atoms with Crippen LogP contribution in [0.4, 0.5) is 0 Å². The lowest BCUT2D eigenvalue weighted by Gasteiger charge is -2.09. The molecule has 0 aliphatic rings. The van der Waals surface area contributed by atoms with Crippen molar-refractivity contribution in [1.82, 2.24) is 25.3 Å². The number of H-pyrrole nitrogens is 1. The molecule has 0 unspecified atom stereocenters. The molecule has 3 heterocycles. The van der Waals surface area contributed by atoms with Crippen LogP contribution in [0.3, 0.4) is 0 Å². The van der Waals surface area contributed by atoms with Crippen molar-refractivity contribution in [2.45, 2.75) is 6.42 Å². The molecule has 170 valence electrons. The van der Waals surface area contributed by atoms with Crippen LogP contribution in [0.1, 0.15) is 16.1 Å². The fraction of sp³-hybridized carbons (Fsp3) is 0.120. The van der Waals surface area contributed by atoms with E-state index >= 15 is 0 Å². The maximum absolute atomic E-state index is 12.6. The van der Waals surface area contributed by atoms with Crippen LogP contribution in [0.2, 0.25) is 0 Å². The molecule has 0 saturated carbocycles. The number of hydrogen-bond acceptors (Lipinski definition) is 7. The number of hydrogen-bond donors (Lipinski definition) is 3. The number of amides is 1. The molecule has 5 rings (SSSR count). The molecule has 34 heavy (non-hydrogen) atoms. The van der Waals surface area contributed by atoms with Crippen molar-refractivity contribution < 1.29 is 14.6 Å². The Bertz CT molecular complexity index is 1460. The summed E-state index contributed by atoms with van der Waals surface area (Å²) in [5, 5.41) is 15.4. The van der Waals surface area contributed by atoms with Gasteiger partial charge in [0.15, 0.2) is 0 Å². The maximum atomic E-state index is 12.6. The lowest BCUT2D eigenvalue weighted by molar-refractivity contribution is 0.0954.